The number of aryl methyl sites for hydroxylation is 2. The van der Waals surface area contributed by atoms with Crippen molar-refractivity contribution in [2.24, 2.45) is 5.73 Å². The van der Waals surface area contributed by atoms with Crippen molar-refractivity contribution in [2.45, 2.75) is 13.8 Å². The number of nitrogens with two attached hydrogens (primary N) is 1. The first-order chi connectivity index (χ1) is 8.97. The van der Waals surface area contributed by atoms with Gasteiger partial charge in [-0.1, -0.05) is 6.07 Å². The largest absolute Gasteiger partial charge is 0.456 e. The van der Waals surface area contributed by atoms with Crippen molar-refractivity contribution in [3.8, 4) is 11.5 Å². The minimum absolute atomic E-state index is 0.0402. The fraction of sp³-hybridized carbons (Fsp3) is 0.133. The van der Waals surface area contributed by atoms with Gasteiger partial charge in [-0.15, -0.1) is 0 Å². The van der Waals surface area contributed by atoms with Gasteiger partial charge in [0, 0.05) is 5.56 Å². The number of hydrogen-bond acceptors (Lipinski definition) is 2. The van der Waals surface area contributed by atoms with Crippen LogP contribution >= 0.6 is 15.9 Å². The molecule has 2 aromatic rings. The fourth-order valence-electron chi connectivity index (χ4n) is 1.66. The van der Waals surface area contributed by atoms with Crippen molar-refractivity contribution in [3.05, 3.63) is 57.6 Å². The lowest BCUT2D eigenvalue weighted by molar-refractivity contribution is 0.479. The fourth-order valence-corrected chi connectivity index (χ4v) is 2.12. The van der Waals surface area contributed by atoms with E-state index >= 15 is 0 Å². The van der Waals surface area contributed by atoms with Crippen LogP contribution in [-0.4, -0.2) is 5.84 Å². The minimum Gasteiger partial charge on any atom is -0.456 e. The highest BCUT2D eigenvalue weighted by Crippen LogP contribution is 2.31. The molecule has 0 saturated carbocycles. The molecule has 0 atom stereocenters. The van der Waals surface area contributed by atoms with Crippen LogP contribution in [-0.2, 0) is 0 Å². The molecule has 3 nitrogen and oxygen atoms in total. The van der Waals surface area contributed by atoms with Crippen LogP contribution in [0.5, 0.6) is 11.5 Å². The van der Waals surface area contributed by atoms with Gasteiger partial charge in [0.2, 0.25) is 0 Å². The Morgan fingerprint density at radius 3 is 2.42 bits per heavy atom. The van der Waals surface area contributed by atoms with Gasteiger partial charge in [-0.25, -0.2) is 0 Å². The Morgan fingerprint density at radius 2 is 1.84 bits per heavy atom. The molecule has 0 saturated heterocycles. The molecule has 0 unspecified atom stereocenters. The first kappa shape index (κ1) is 13.6. The smallest absolute Gasteiger partial charge is 0.141 e. The highest BCUT2D eigenvalue weighted by Gasteiger charge is 2.06. The van der Waals surface area contributed by atoms with Crippen molar-refractivity contribution in [1.29, 1.82) is 5.41 Å². The van der Waals surface area contributed by atoms with E-state index in [1.165, 1.54) is 11.1 Å². The van der Waals surface area contributed by atoms with E-state index in [0.29, 0.717) is 11.3 Å². The van der Waals surface area contributed by atoms with E-state index in [0.717, 1.165) is 10.2 Å². The zero-order chi connectivity index (χ0) is 14.0. The standard InChI is InChI=1S/C15H15BrN2O/c1-9-3-5-12(7-10(9)2)19-14-6-4-11(15(17)18)8-13(14)16/h3-8H,1-2H3,(H3,17,18). The molecule has 98 valence electrons. The van der Waals surface area contributed by atoms with Crippen LogP contribution in [0, 0.1) is 19.3 Å². The highest BCUT2D eigenvalue weighted by atomic mass is 79.9. The average Bonchev–Trinajstić information content (AvgIpc) is 2.36. The van der Waals surface area contributed by atoms with Gasteiger partial charge in [0.25, 0.3) is 0 Å². The number of rotatable bonds is 3. The maximum Gasteiger partial charge on any atom is 0.141 e. The lowest BCUT2D eigenvalue weighted by Crippen LogP contribution is -2.10. The van der Waals surface area contributed by atoms with Crippen LogP contribution in [0.25, 0.3) is 0 Å². The molecular formula is C15H15BrN2O. The summed E-state index contributed by atoms with van der Waals surface area (Å²) in [6.07, 6.45) is 0. The number of nitrogen functional groups attached to an aromatic ring is 1. The summed E-state index contributed by atoms with van der Waals surface area (Å²) in [4.78, 5) is 0. The number of hydrogen-bond donors (Lipinski definition) is 2. The van der Waals surface area contributed by atoms with Crippen LogP contribution in [0.2, 0.25) is 0 Å². The molecule has 0 radical (unpaired) electrons. The van der Waals surface area contributed by atoms with E-state index in [9.17, 15) is 0 Å². The monoisotopic (exact) mass is 318 g/mol. The summed E-state index contributed by atoms with van der Waals surface area (Å²) >= 11 is 3.43. The van der Waals surface area contributed by atoms with Crippen molar-refractivity contribution in [1.82, 2.24) is 0 Å². The van der Waals surface area contributed by atoms with E-state index in [1.807, 2.05) is 18.2 Å². The third-order valence-corrected chi connectivity index (χ3v) is 3.57. The molecule has 0 bridgehead atoms. The first-order valence-corrected chi connectivity index (χ1v) is 6.65. The molecule has 2 aromatic carbocycles. The average molecular weight is 319 g/mol. The van der Waals surface area contributed by atoms with Crippen LogP contribution in [0.1, 0.15) is 16.7 Å². The molecule has 3 N–H and O–H groups in total. The second-order valence-corrected chi connectivity index (χ2v) is 5.26. The van der Waals surface area contributed by atoms with Crippen molar-refractivity contribution in [2.75, 3.05) is 0 Å². The van der Waals surface area contributed by atoms with Gasteiger partial charge < -0.3 is 10.5 Å². The zero-order valence-electron chi connectivity index (χ0n) is 10.8. The second kappa shape index (κ2) is 5.45. The SMILES string of the molecule is Cc1ccc(Oc2ccc(C(=N)N)cc2Br)cc1C. The molecule has 0 aliphatic heterocycles. The topological polar surface area (TPSA) is 59.1 Å². The highest BCUT2D eigenvalue weighted by molar-refractivity contribution is 9.10. The summed E-state index contributed by atoms with van der Waals surface area (Å²) in [7, 11) is 0. The Balaban J connectivity index is 2.28. The summed E-state index contributed by atoms with van der Waals surface area (Å²) in [6.45, 7) is 4.12. The predicted octanol–water partition coefficient (Wildman–Crippen LogP) is 4.14. The number of ether oxygens (including phenoxy) is 1. The number of nitrogens with one attached hydrogen (secondary N) is 1. The maximum absolute atomic E-state index is 7.39. The van der Waals surface area contributed by atoms with E-state index < -0.39 is 0 Å². The third-order valence-electron chi connectivity index (χ3n) is 2.95. The van der Waals surface area contributed by atoms with Crippen LogP contribution < -0.4 is 10.5 Å². The normalized spacial score (nSPS) is 10.3. The molecule has 0 amide bonds. The van der Waals surface area contributed by atoms with Crippen molar-refractivity contribution in [3.63, 3.8) is 0 Å². The molecule has 2 rings (SSSR count). The van der Waals surface area contributed by atoms with Gasteiger partial charge in [-0.3, -0.25) is 5.41 Å². The summed E-state index contributed by atoms with van der Waals surface area (Å²) < 4.78 is 6.60. The molecule has 0 aliphatic carbocycles. The number of halogens is 1. The Hall–Kier alpha value is -1.81. The van der Waals surface area contributed by atoms with Gasteiger partial charge in [0.15, 0.2) is 0 Å². The van der Waals surface area contributed by atoms with Crippen molar-refractivity contribution < 1.29 is 4.74 Å². The second-order valence-electron chi connectivity index (χ2n) is 4.41. The lowest BCUT2D eigenvalue weighted by atomic mass is 10.1. The summed E-state index contributed by atoms with van der Waals surface area (Å²) in [6, 6.07) is 11.3. The Labute approximate surface area is 121 Å². The quantitative estimate of drug-likeness (QED) is 0.660. The zero-order valence-corrected chi connectivity index (χ0v) is 12.4. The Morgan fingerprint density at radius 1 is 1.11 bits per heavy atom. The lowest BCUT2D eigenvalue weighted by Gasteiger charge is -2.10. The van der Waals surface area contributed by atoms with Crippen LogP contribution in [0.3, 0.4) is 0 Å². The molecular weight excluding hydrogens is 304 g/mol. The number of benzene rings is 2. The molecule has 0 fully saturated rings. The number of amidine groups is 1. The van der Waals surface area contributed by atoms with Crippen LogP contribution in [0.15, 0.2) is 40.9 Å². The third kappa shape index (κ3) is 3.15. The van der Waals surface area contributed by atoms with Gasteiger partial charge in [0.05, 0.1) is 4.47 Å². The van der Waals surface area contributed by atoms with Gasteiger partial charge in [-0.05, 0) is 71.2 Å². The Kier molecular flexibility index (Phi) is 3.90. The summed E-state index contributed by atoms with van der Waals surface area (Å²) in [5, 5.41) is 7.39. The Bertz CT molecular complexity index is 638. The van der Waals surface area contributed by atoms with Gasteiger partial charge in [-0.2, -0.15) is 0 Å². The first-order valence-electron chi connectivity index (χ1n) is 5.86. The van der Waals surface area contributed by atoms with Crippen LogP contribution in [0.4, 0.5) is 0 Å². The van der Waals surface area contributed by atoms with Gasteiger partial charge in [0.1, 0.15) is 17.3 Å². The van der Waals surface area contributed by atoms with E-state index in [2.05, 4.69) is 29.8 Å². The van der Waals surface area contributed by atoms with E-state index in [-0.39, 0.29) is 5.84 Å². The maximum atomic E-state index is 7.39. The molecule has 0 aliphatic rings. The van der Waals surface area contributed by atoms with Gasteiger partial charge >= 0.3 is 0 Å². The van der Waals surface area contributed by atoms with Crippen molar-refractivity contribution >= 4 is 21.8 Å². The van der Waals surface area contributed by atoms with E-state index in [4.69, 9.17) is 15.9 Å². The minimum atomic E-state index is 0.0402. The van der Waals surface area contributed by atoms with E-state index in [1.54, 1.807) is 18.2 Å². The molecule has 19 heavy (non-hydrogen) atoms. The molecule has 0 heterocycles. The molecule has 0 aromatic heterocycles. The molecule has 4 heteroatoms. The predicted molar refractivity (Wildman–Crippen MR) is 81.1 cm³/mol. The summed E-state index contributed by atoms with van der Waals surface area (Å²) in [5.74, 6) is 1.53. The molecule has 0 spiro atoms. The summed E-state index contributed by atoms with van der Waals surface area (Å²) in [5.41, 5.74) is 8.53.